The summed E-state index contributed by atoms with van der Waals surface area (Å²) in [6, 6.07) is 10.3. The Hall–Kier alpha value is -1.02. The van der Waals surface area contributed by atoms with Crippen molar-refractivity contribution in [3.63, 3.8) is 0 Å². The SMILES string of the molecule is C=C[Si](C)(C)CNc1ccccc1. The highest BCUT2D eigenvalue weighted by atomic mass is 28.3. The summed E-state index contributed by atoms with van der Waals surface area (Å²) in [5.74, 6) is 0. The van der Waals surface area contributed by atoms with E-state index in [1.54, 1.807) is 0 Å². The van der Waals surface area contributed by atoms with Crippen molar-refractivity contribution in [1.82, 2.24) is 0 Å². The molecule has 1 nitrogen and oxygen atoms in total. The minimum absolute atomic E-state index is 1.06. The maximum absolute atomic E-state index is 3.87. The zero-order valence-corrected chi connectivity index (χ0v) is 9.38. The molecule has 0 heterocycles. The van der Waals surface area contributed by atoms with Crippen LogP contribution in [0.5, 0.6) is 0 Å². The lowest BCUT2D eigenvalue weighted by molar-refractivity contribution is 1.38. The van der Waals surface area contributed by atoms with Crippen LogP contribution in [-0.4, -0.2) is 14.2 Å². The van der Waals surface area contributed by atoms with Crippen molar-refractivity contribution in [2.24, 2.45) is 0 Å². The first-order valence-corrected chi connectivity index (χ1v) is 7.85. The Morgan fingerprint density at radius 1 is 1.31 bits per heavy atom. The lowest BCUT2D eigenvalue weighted by atomic mass is 10.3. The molecular formula is C11H17NSi. The molecule has 0 aliphatic rings. The van der Waals surface area contributed by atoms with Crippen molar-refractivity contribution in [3.8, 4) is 0 Å². The molecule has 0 aliphatic carbocycles. The van der Waals surface area contributed by atoms with Gasteiger partial charge in [0.1, 0.15) is 0 Å². The van der Waals surface area contributed by atoms with Crippen LogP contribution in [0.3, 0.4) is 0 Å². The van der Waals surface area contributed by atoms with E-state index in [4.69, 9.17) is 0 Å². The summed E-state index contributed by atoms with van der Waals surface area (Å²) < 4.78 is 0. The van der Waals surface area contributed by atoms with E-state index in [1.807, 2.05) is 18.2 Å². The molecule has 0 bridgehead atoms. The third kappa shape index (κ3) is 3.47. The maximum Gasteiger partial charge on any atom is 0.0917 e. The molecule has 1 rings (SSSR count). The molecule has 0 saturated heterocycles. The number of rotatable bonds is 4. The number of anilines is 1. The molecule has 0 fully saturated rings. The fourth-order valence-corrected chi connectivity index (χ4v) is 1.76. The Bertz CT molecular complexity index is 267. The van der Waals surface area contributed by atoms with Crippen LogP contribution in [0.25, 0.3) is 0 Å². The first-order chi connectivity index (χ1) is 6.14. The molecule has 1 aromatic carbocycles. The minimum Gasteiger partial charge on any atom is -0.388 e. The van der Waals surface area contributed by atoms with Gasteiger partial charge in [0.15, 0.2) is 0 Å². The molecule has 0 unspecified atom stereocenters. The molecule has 0 atom stereocenters. The number of nitrogens with one attached hydrogen (secondary N) is 1. The maximum atomic E-state index is 3.87. The smallest absolute Gasteiger partial charge is 0.0917 e. The van der Waals surface area contributed by atoms with Gasteiger partial charge in [0, 0.05) is 11.9 Å². The second-order valence-electron chi connectivity index (χ2n) is 3.91. The monoisotopic (exact) mass is 191 g/mol. The van der Waals surface area contributed by atoms with Crippen molar-refractivity contribution in [2.45, 2.75) is 13.1 Å². The van der Waals surface area contributed by atoms with Crippen molar-refractivity contribution >= 4 is 13.8 Å². The van der Waals surface area contributed by atoms with Gasteiger partial charge in [-0.25, -0.2) is 0 Å². The van der Waals surface area contributed by atoms with E-state index in [0.717, 1.165) is 6.17 Å². The van der Waals surface area contributed by atoms with Crippen LogP contribution in [0.4, 0.5) is 5.69 Å². The minimum atomic E-state index is -1.21. The van der Waals surface area contributed by atoms with E-state index in [-0.39, 0.29) is 0 Å². The van der Waals surface area contributed by atoms with Gasteiger partial charge < -0.3 is 5.32 Å². The fourth-order valence-electron chi connectivity index (χ4n) is 0.958. The van der Waals surface area contributed by atoms with Crippen LogP contribution < -0.4 is 5.32 Å². The molecule has 0 aliphatic heterocycles. The average molecular weight is 191 g/mol. The summed E-state index contributed by atoms with van der Waals surface area (Å²) in [6.07, 6.45) is 1.06. The lowest BCUT2D eigenvalue weighted by Gasteiger charge is -2.18. The summed E-state index contributed by atoms with van der Waals surface area (Å²) in [7, 11) is -1.21. The molecule has 0 aromatic heterocycles. The van der Waals surface area contributed by atoms with Crippen LogP contribution in [0.1, 0.15) is 0 Å². The summed E-state index contributed by atoms with van der Waals surface area (Å²) in [4.78, 5) is 0. The fraction of sp³-hybridized carbons (Fsp3) is 0.273. The Balaban J connectivity index is 2.48. The van der Waals surface area contributed by atoms with Gasteiger partial charge in [-0.05, 0) is 12.1 Å². The van der Waals surface area contributed by atoms with Crippen molar-refractivity contribution in [2.75, 3.05) is 11.5 Å². The van der Waals surface area contributed by atoms with Crippen LogP contribution >= 0.6 is 0 Å². The molecule has 1 N–H and O–H groups in total. The number of hydrogen-bond acceptors (Lipinski definition) is 1. The third-order valence-corrected chi connectivity index (χ3v) is 4.27. The van der Waals surface area contributed by atoms with Crippen molar-refractivity contribution in [1.29, 1.82) is 0 Å². The number of hydrogen-bond donors (Lipinski definition) is 1. The van der Waals surface area contributed by atoms with E-state index in [1.165, 1.54) is 5.69 Å². The zero-order valence-electron chi connectivity index (χ0n) is 8.38. The van der Waals surface area contributed by atoms with Crippen LogP contribution in [-0.2, 0) is 0 Å². The summed E-state index contributed by atoms with van der Waals surface area (Å²) in [5, 5.41) is 3.43. The van der Waals surface area contributed by atoms with Gasteiger partial charge in [0.2, 0.25) is 0 Å². The second-order valence-corrected chi connectivity index (χ2v) is 8.65. The molecular weight excluding hydrogens is 174 g/mol. The molecule has 2 heteroatoms. The van der Waals surface area contributed by atoms with E-state index in [0.29, 0.717) is 0 Å². The number of para-hydroxylation sites is 1. The molecule has 1 aromatic rings. The van der Waals surface area contributed by atoms with Gasteiger partial charge in [0.05, 0.1) is 8.07 Å². The second kappa shape index (κ2) is 4.28. The van der Waals surface area contributed by atoms with Gasteiger partial charge in [0.25, 0.3) is 0 Å². The molecule has 0 saturated carbocycles. The van der Waals surface area contributed by atoms with Gasteiger partial charge in [-0.15, -0.1) is 12.3 Å². The van der Waals surface area contributed by atoms with Gasteiger partial charge >= 0.3 is 0 Å². The van der Waals surface area contributed by atoms with Gasteiger partial charge in [-0.1, -0.05) is 31.3 Å². The zero-order chi connectivity index (χ0) is 9.73. The van der Waals surface area contributed by atoms with Crippen LogP contribution in [0, 0.1) is 0 Å². The first kappa shape index (κ1) is 10.1. The predicted molar refractivity (Wildman–Crippen MR) is 62.6 cm³/mol. The summed E-state index contributed by atoms with van der Waals surface area (Å²) >= 11 is 0. The third-order valence-electron chi connectivity index (χ3n) is 2.07. The lowest BCUT2D eigenvalue weighted by Crippen LogP contribution is -2.33. The standard InChI is InChI=1S/C11H17NSi/c1-4-13(2,3)10-12-11-8-6-5-7-9-11/h4-9,12H,1,10H2,2-3H3. The van der Waals surface area contributed by atoms with Crippen molar-refractivity contribution in [3.05, 3.63) is 42.6 Å². The van der Waals surface area contributed by atoms with E-state index < -0.39 is 8.07 Å². The average Bonchev–Trinajstić information content (AvgIpc) is 2.17. The molecule has 0 spiro atoms. The molecule has 70 valence electrons. The van der Waals surface area contributed by atoms with Gasteiger partial charge in [-0.2, -0.15) is 0 Å². The molecule has 13 heavy (non-hydrogen) atoms. The Morgan fingerprint density at radius 2 is 1.92 bits per heavy atom. The van der Waals surface area contributed by atoms with Crippen molar-refractivity contribution < 1.29 is 0 Å². The Labute approximate surface area is 81.5 Å². The van der Waals surface area contributed by atoms with Gasteiger partial charge in [-0.3, -0.25) is 0 Å². The van der Waals surface area contributed by atoms with E-state index in [2.05, 4.69) is 42.8 Å². The highest BCUT2D eigenvalue weighted by Crippen LogP contribution is 2.08. The Morgan fingerprint density at radius 3 is 2.46 bits per heavy atom. The first-order valence-electron chi connectivity index (χ1n) is 4.56. The molecule has 0 radical (unpaired) electrons. The summed E-state index contributed by atoms with van der Waals surface area (Å²) in [5.41, 5.74) is 3.31. The van der Waals surface area contributed by atoms with E-state index in [9.17, 15) is 0 Å². The highest BCUT2D eigenvalue weighted by Gasteiger charge is 2.14. The quantitative estimate of drug-likeness (QED) is 0.721. The highest BCUT2D eigenvalue weighted by molar-refractivity contribution is 6.82. The van der Waals surface area contributed by atoms with Crippen LogP contribution in [0.2, 0.25) is 13.1 Å². The Kier molecular flexibility index (Phi) is 3.31. The van der Waals surface area contributed by atoms with E-state index >= 15 is 0 Å². The predicted octanol–water partition coefficient (Wildman–Crippen LogP) is 3.07. The summed E-state index contributed by atoms with van der Waals surface area (Å²) in [6.45, 7) is 8.47. The molecule has 0 amide bonds. The topological polar surface area (TPSA) is 12.0 Å². The van der Waals surface area contributed by atoms with Crippen LogP contribution in [0.15, 0.2) is 42.6 Å². The normalized spacial score (nSPS) is 10.9. The largest absolute Gasteiger partial charge is 0.388 e. The number of benzene rings is 1.